The topological polar surface area (TPSA) is 62.1 Å². The van der Waals surface area contributed by atoms with Crippen molar-refractivity contribution in [2.75, 3.05) is 0 Å². The minimum Gasteiger partial charge on any atom is -0.545 e. The summed E-state index contributed by atoms with van der Waals surface area (Å²) in [7, 11) is 0. The van der Waals surface area contributed by atoms with Crippen LogP contribution in [0.15, 0.2) is 59.5 Å². The smallest absolute Gasteiger partial charge is 0.198 e. The fraction of sp³-hybridized carbons (Fsp3) is 0. The SMILES string of the molecule is O=C([O-])c1cn(-c2ccccc2)c2cc(I)ccc2c1=O. The Morgan fingerprint density at radius 3 is 2.48 bits per heavy atom. The second-order valence-corrected chi connectivity index (χ2v) is 5.77. The molecule has 3 rings (SSSR count). The van der Waals surface area contributed by atoms with E-state index in [0.29, 0.717) is 10.9 Å². The van der Waals surface area contributed by atoms with Crippen molar-refractivity contribution in [3.05, 3.63) is 74.1 Å². The molecule has 0 N–H and O–H groups in total. The number of carbonyl (C=O) groups excluding carboxylic acids is 1. The summed E-state index contributed by atoms with van der Waals surface area (Å²) in [5.41, 5.74) is 0.594. The Labute approximate surface area is 133 Å². The number of fused-ring (bicyclic) bond motifs is 1. The zero-order valence-corrected chi connectivity index (χ0v) is 12.9. The highest BCUT2D eigenvalue weighted by Crippen LogP contribution is 2.19. The predicted octanol–water partition coefficient (Wildman–Crippen LogP) is 1.96. The number of carboxylic acids is 1. The molecular weight excluding hydrogens is 381 g/mol. The molecule has 0 saturated carbocycles. The van der Waals surface area contributed by atoms with E-state index in [1.165, 1.54) is 6.20 Å². The van der Waals surface area contributed by atoms with Crippen molar-refractivity contribution < 1.29 is 9.90 Å². The lowest BCUT2D eigenvalue weighted by atomic mass is 10.1. The van der Waals surface area contributed by atoms with Gasteiger partial charge in [0.1, 0.15) is 0 Å². The molecule has 0 spiro atoms. The maximum Gasteiger partial charge on any atom is 0.198 e. The third-order valence-electron chi connectivity index (χ3n) is 3.22. The van der Waals surface area contributed by atoms with E-state index in [4.69, 9.17) is 0 Å². The molecule has 0 amide bonds. The fourth-order valence-corrected chi connectivity index (χ4v) is 2.72. The van der Waals surface area contributed by atoms with Crippen LogP contribution in [0.25, 0.3) is 16.6 Å². The quantitative estimate of drug-likeness (QED) is 0.629. The molecule has 0 aliphatic heterocycles. The lowest BCUT2D eigenvalue weighted by Gasteiger charge is -2.14. The van der Waals surface area contributed by atoms with Crippen molar-refractivity contribution in [1.82, 2.24) is 4.57 Å². The van der Waals surface area contributed by atoms with Crippen molar-refractivity contribution in [3.63, 3.8) is 0 Å². The number of aromatic nitrogens is 1. The number of rotatable bonds is 2. The molecule has 0 fully saturated rings. The summed E-state index contributed by atoms with van der Waals surface area (Å²) >= 11 is 2.15. The first-order valence-corrected chi connectivity index (χ1v) is 7.27. The first-order valence-electron chi connectivity index (χ1n) is 6.19. The molecule has 0 unspecified atom stereocenters. The molecule has 5 heteroatoms. The molecule has 0 aliphatic carbocycles. The second-order valence-electron chi connectivity index (χ2n) is 4.53. The molecule has 0 radical (unpaired) electrons. The number of halogens is 1. The third kappa shape index (κ3) is 2.44. The highest BCUT2D eigenvalue weighted by molar-refractivity contribution is 14.1. The average Bonchev–Trinajstić information content (AvgIpc) is 2.48. The molecule has 21 heavy (non-hydrogen) atoms. The van der Waals surface area contributed by atoms with Gasteiger partial charge in [-0.1, -0.05) is 18.2 Å². The number of nitrogens with zero attached hydrogens (tertiary/aromatic N) is 1. The second kappa shape index (κ2) is 5.33. The van der Waals surface area contributed by atoms with E-state index in [0.717, 1.165) is 9.26 Å². The Morgan fingerprint density at radius 2 is 1.81 bits per heavy atom. The fourth-order valence-electron chi connectivity index (χ4n) is 2.25. The molecule has 4 nitrogen and oxygen atoms in total. The largest absolute Gasteiger partial charge is 0.545 e. The molecule has 0 atom stereocenters. The van der Waals surface area contributed by atoms with Crippen LogP contribution in [0.4, 0.5) is 0 Å². The first kappa shape index (κ1) is 13.8. The Balaban J connectivity index is 2.47. The number of carbonyl (C=O) groups is 1. The van der Waals surface area contributed by atoms with E-state index in [1.54, 1.807) is 16.7 Å². The standard InChI is InChI=1S/C16H10INO3/c17-10-6-7-12-14(8-10)18(11-4-2-1-3-5-11)9-13(15(12)19)16(20)21/h1-9H,(H,20,21)/p-1. The van der Waals surface area contributed by atoms with Crippen LogP contribution in [0.5, 0.6) is 0 Å². The van der Waals surface area contributed by atoms with Gasteiger partial charge in [0, 0.05) is 20.8 Å². The van der Waals surface area contributed by atoms with Gasteiger partial charge in [-0.15, -0.1) is 0 Å². The summed E-state index contributed by atoms with van der Waals surface area (Å²) in [5.74, 6) is -1.47. The van der Waals surface area contributed by atoms with Crippen LogP contribution in [-0.4, -0.2) is 10.5 Å². The van der Waals surface area contributed by atoms with E-state index in [-0.39, 0.29) is 5.56 Å². The van der Waals surface area contributed by atoms with Crippen molar-refractivity contribution in [2.24, 2.45) is 0 Å². The van der Waals surface area contributed by atoms with E-state index >= 15 is 0 Å². The summed E-state index contributed by atoms with van der Waals surface area (Å²) < 4.78 is 2.66. The zero-order valence-electron chi connectivity index (χ0n) is 10.7. The van der Waals surface area contributed by atoms with Gasteiger partial charge in [-0.05, 0) is 52.9 Å². The summed E-state index contributed by atoms with van der Waals surface area (Å²) in [4.78, 5) is 23.4. The zero-order chi connectivity index (χ0) is 15.0. The van der Waals surface area contributed by atoms with Crippen molar-refractivity contribution in [3.8, 4) is 5.69 Å². The van der Waals surface area contributed by atoms with Crippen molar-refractivity contribution in [2.45, 2.75) is 0 Å². The number of hydrogen-bond acceptors (Lipinski definition) is 3. The Bertz CT molecular complexity index is 901. The average molecular weight is 390 g/mol. The van der Waals surface area contributed by atoms with Gasteiger partial charge < -0.3 is 14.5 Å². The summed E-state index contributed by atoms with van der Waals surface area (Å²) in [6, 6.07) is 14.6. The Kier molecular flexibility index (Phi) is 3.50. The van der Waals surface area contributed by atoms with Gasteiger partial charge in [0.25, 0.3) is 0 Å². The summed E-state index contributed by atoms with van der Waals surface area (Å²) in [5, 5.41) is 11.6. The van der Waals surface area contributed by atoms with Crippen LogP contribution in [0.1, 0.15) is 10.4 Å². The van der Waals surface area contributed by atoms with Crippen LogP contribution in [-0.2, 0) is 0 Å². The van der Waals surface area contributed by atoms with Crippen LogP contribution in [0.3, 0.4) is 0 Å². The number of carboxylic acid groups (broad SMARTS) is 1. The maximum atomic E-state index is 12.2. The molecular formula is C16H9INO3-. The van der Waals surface area contributed by atoms with Crippen LogP contribution >= 0.6 is 22.6 Å². The first-order chi connectivity index (χ1) is 10.1. The number of benzene rings is 2. The third-order valence-corrected chi connectivity index (χ3v) is 3.89. The highest BCUT2D eigenvalue weighted by atomic mass is 127. The van der Waals surface area contributed by atoms with Crippen LogP contribution < -0.4 is 10.5 Å². The van der Waals surface area contributed by atoms with Crippen molar-refractivity contribution in [1.29, 1.82) is 0 Å². The van der Waals surface area contributed by atoms with E-state index < -0.39 is 11.4 Å². The molecule has 0 saturated heterocycles. The molecule has 1 heterocycles. The van der Waals surface area contributed by atoms with Gasteiger partial charge in [-0.3, -0.25) is 4.79 Å². The van der Waals surface area contributed by atoms with Gasteiger partial charge in [0.05, 0.1) is 17.0 Å². The highest BCUT2D eigenvalue weighted by Gasteiger charge is 2.11. The van der Waals surface area contributed by atoms with Gasteiger partial charge in [-0.2, -0.15) is 0 Å². The number of hydrogen-bond donors (Lipinski definition) is 0. The molecule has 104 valence electrons. The maximum absolute atomic E-state index is 12.2. The minimum absolute atomic E-state index is 0.340. The van der Waals surface area contributed by atoms with E-state index in [9.17, 15) is 14.7 Å². The summed E-state index contributed by atoms with van der Waals surface area (Å²) in [6.07, 6.45) is 1.32. The van der Waals surface area contributed by atoms with Gasteiger partial charge in [0.2, 0.25) is 0 Å². The van der Waals surface area contributed by atoms with E-state index in [1.807, 2.05) is 36.4 Å². The minimum atomic E-state index is -1.47. The predicted molar refractivity (Wildman–Crippen MR) is 86.6 cm³/mol. The molecule has 2 aromatic carbocycles. The van der Waals surface area contributed by atoms with Gasteiger partial charge in [0.15, 0.2) is 5.43 Å². The van der Waals surface area contributed by atoms with Crippen LogP contribution in [0.2, 0.25) is 0 Å². The molecule has 1 aromatic heterocycles. The number of aromatic carboxylic acids is 1. The molecule has 0 aliphatic rings. The Hall–Kier alpha value is -2.15. The van der Waals surface area contributed by atoms with E-state index in [2.05, 4.69) is 22.6 Å². The van der Waals surface area contributed by atoms with Crippen LogP contribution in [0, 0.1) is 3.57 Å². The lowest BCUT2D eigenvalue weighted by molar-refractivity contribution is -0.255. The normalized spacial score (nSPS) is 10.7. The Morgan fingerprint density at radius 1 is 1.10 bits per heavy atom. The number of pyridine rings is 1. The summed E-state index contributed by atoms with van der Waals surface area (Å²) in [6.45, 7) is 0. The van der Waals surface area contributed by atoms with Gasteiger partial charge >= 0.3 is 0 Å². The molecule has 0 bridgehead atoms. The van der Waals surface area contributed by atoms with Crippen molar-refractivity contribution >= 4 is 39.5 Å². The molecule has 3 aromatic rings. The lowest BCUT2D eigenvalue weighted by Crippen LogP contribution is -2.30. The monoisotopic (exact) mass is 390 g/mol. The number of para-hydroxylation sites is 1. The van der Waals surface area contributed by atoms with Gasteiger partial charge in [-0.25, -0.2) is 0 Å².